The number of hydrogen-bond donors (Lipinski definition) is 1. The van der Waals surface area contributed by atoms with E-state index in [1.807, 2.05) is 38.1 Å². The van der Waals surface area contributed by atoms with Crippen LogP contribution in [-0.2, 0) is 13.2 Å². The van der Waals surface area contributed by atoms with Crippen LogP contribution in [0.4, 0.5) is 10.2 Å². The van der Waals surface area contributed by atoms with E-state index in [-0.39, 0.29) is 12.4 Å². The quantitative estimate of drug-likeness (QED) is 0.386. The highest BCUT2D eigenvalue weighted by molar-refractivity contribution is 6.31. The molecule has 32 heavy (non-hydrogen) atoms. The van der Waals surface area contributed by atoms with E-state index in [1.54, 1.807) is 28.9 Å². The zero-order chi connectivity index (χ0) is 22.7. The molecule has 0 fully saturated rings. The number of aryl methyl sites for hydroxylation is 2. The van der Waals surface area contributed by atoms with Gasteiger partial charge in [-0.3, -0.25) is 9.48 Å². The van der Waals surface area contributed by atoms with Crippen molar-refractivity contribution in [2.24, 2.45) is 0 Å². The van der Waals surface area contributed by atoms with Gasteiger partial charge in [0.15, 0.2) is 11.6 Å². The van der Waals surface area contributed by atoms with E-state index in [0.717, 1.165) is 22.6 Å². The van der Waals surface area contributed by atoms with Gasteiger partial charge < -0.3 is 14.5 Å². The summed E-state index contributed by atoms with van der Waals surface area (Å²) >= 11 is 6.11. The van der Waals surface area contributed by atoms with Gasteiger partial charge in [-0.15, -0.1) is 0 Å². The van der Waals surface area contributed by atoms with E-state index >= 15 is 0 Å². The number of amides is 1. The van der Waals surface area contributed by atoms with Crippen molar-refractivity contribution in [3.8, 4) is 5.75 Å². The van der Waals surface area contributed by atoms with Gasteiger partial charge in [0.25, 0.3) is 5.91 Å². The topological polar surface area (TPSA) is 69.3 Å². The Kier molecular flexibility index (Phi) is 6.28. The number of ether oxygens (including phenoxy) is 1. The molecule has 6 nitrogen and oxygen atoms in total. The van der Waals surface area contributed by atoms with E-state index in [2.05, 4.69) is 10.4 Å². The molecule has 2 heterocycles. The Morgan fingerprint density at radius 3 is 2.75 bits per heavy atom. The Morgan fingerprint density at radius 1 is 1.16 bits per heavy atom. The van der Waals surface area contributed by atoms with Gasteiger partial charge >= 0.3 is 0 Å². The van der Waals surface area contributed by atoms with Crippen LogP contribution in [0.5, 0.6) is 5.75 Å². The number of halogens is 2. The van der Waals surface area contributed by atoms with Crippen LogP contribution in [0.3, 0.4) is 0 Å². The zero-order valence-corrected chi connectivity index (χ0v) is 18.3. The number of carbonyl (C=O) groups is 1. The molecule has 8 heteroatoms. The van der Waals surface area contributed by atoms with E-state index in [1.165, 1.54) is 12.1 Å². The summed E-state index contributed by atoms with van der Waals surface area (Å²) in [6, 6.07) is 16.9. The normalized spacial score (nSPS) is 10.9. The third-order valence-corrected chi connectivity index (χ3v) is 5.26. The minimum Gasteiger partial charge on any atom is -0.485 e. The molecular weight excluding hydrogens is 433 g/mol. The molecule has 0 bridgehead atoms. The lowest BCUT2D eigenvalue weighted by Crippen LogP contribution is -2.12. The molecule has 0 aliphatic heterocycles. The molecule has 1 N–H and O–H groups in total. The first kappa shape index (κ1) is 21.6. The molecule has 0 unspecified atom stereocenters. The largest absolute Gasteiger partial charge is 0.485 e. The molecule has 164 valence electrons. The van der Waals surface area contributed by atoms with Crippen molar-refractivity contribution in [2.45, 2.75) is 27.0 Å². The van der Waals surface area contributed by atoms with Crippen LogP contribution in [0.2, 0.25) is 5.02 Å². The van der Waals surface area contributed by atoms with E-state index in [9.17, 15) is 9.18 Å². The lowest BCUT2D eigenvalue weighted by Gasteiger charge is -2.07. The molecule has 0 radical (unpaired) electrons. The van der Waals surface area contributed by atoms with Gasteiger partial charge in [0.05, 0.1) is 6.54 Å². The number of aromatic nitrogens is 2. The van der Waals surface area contributed by atoms with Gasteiger partial charge in [-0.2, -0.15) is 5.10 Å². The van der Waals surface area contributed by atoms with Crippen molar-refractivity contribution in [3.05, 3.63) is 99.8 Å². The standard InChI is InChI=1S/C24H21ClFN3O3/c1-15-5-3-4-6-21(15)31-14-19-9-10-22(32-19)24(30)27-23-11-16(2)29(28-23)13-17-7-8-18(26)12-20(17)25/h3-12H,13-14H2,1-2H3,(H,27,28,30). The van der Waals surface area contributed by atoms with Crippen LogP contribution in [-0.4, -0.2) is 15.7 Å². The molecule has 2 aromatic heterocycles. The van der Waals surface area contributed by atoms with E-state index in [4.69, 9.17) is 20.8 Å². The first-order valence-corrected chi connectivity index (χ1v) is 10.3. The van der Waals surface area contributed by atoms with Gasteiger partial charge in [0, 0.05) is 16.8 Å². The third-order valence-electron chi connectivity index (χ3n) is 4.91. The molecule has 2 aromatic carbocycles. The fourth-order valence-electron chi connectivity index (χ4n) is 3.17. The molecule has 0 aliphatic carbocycles. The molecule has 0 saturated heterocycles. The number of furan rings is 1. The Balaban J connectivity index is 1.39. The van der Waals surface area contributed by atoms with Crippen molar-refractivity contribution in [1.29, 1.82) is 0 Å². The molecule has 1 amide bonds. The first-order chi connectivity index (χ1) is 15.4. The smallest absolute Gasteiger partial charge is 0.292 e. The number of carbonyl (C=O) groups excluding carboxylic acids is 1. The Bertz CT molecular complexity index is 1270. The summed E-state index contributed by atoms with van der Waals surface area (Å²) in [5.41, 5.74) is 2.55. The predicted molar refractivity (Wildman–Crippen MR) is 120 cm³/mol. The average Bonchev–Trinajstić information content (AvgIpc) is 3.36. The van der Waals surface area contributed by atoms with Crippen LogP contribution >= 0.6 is 11.6 Å². The number of benzene rings is 2. The maximum atomic E-state index is 13.3. The number of anilines is 1. The highest BCUT2D eigenvalue weighted by atomic mass is 35.5. The van der Waals surface area contributed by atoms with Crippen LogP contribution in [0.15, 0.2) is 65.1 Å². The van der Waals surface area contributed by atoms with Crippen molar-refractivity contribution >= 4 is 23.3 Å². The van der Waals surface area contributed by atoms with Crippen molar-refractivity contribution in [2.75, 3.05) is 5.32 Å². The van der Waals surface area contributed by atoms with Crippen molar-refractivity contribution in [1.82, 2.24) is 9.78 Å². The fourth-order valence-corrected chi connectivity index (χ4v) is 3.39. The van der Waals surface area contributed by atoms with Crippen molar-refractivity contribution < 1.29 is 18.3 Å². The molecule has 4 aromatic rings. The van der Waals surface area contributed by atoms with Crippen LogP contribution in [0.25, 0.3) is 0 Å². The average molecular weight is 454 g/mol. The maximum Gasteiger partial charge on any atom is 0.292 e. The minimum atomic E-state index is -0.420. The first-order valence-electron chi connectivity index (χ1n) is 9.96. The summed E-state index contributed by atoms with van der Waals surface area (Å²) < 4.78 is 26.3. The lowest BCUT2D eigenvalue weighted by molar-refractivity contribution is 0.0992. The highest BCUT2D eigenvalue weighted by Crippen LogP contribution is 2.21. The minimum absolute atomic E-state index is 0.155. The third kappa shape index (κ3) is 5.00. The second kappa shape index (κ2) is 9.28. The van der Waals surface area contributed by atoms with Gasteiger partial charge in [0.1, 0.15) is 23.9 Å². The van der Waals surface area contributed by atoms with Crippen molar-refractivity contribution in [3.63, 3.8) is 0 Å². The number of nitrogens with zero attached hydrogens (tertiary/aromatic N) is 2. The van der Waals surface area contributed by atoms with E-state index < -0.39 is 11.7 Å². The molecule has 0 saturated carbocycles. The van der Waals surface area contributed by atoms with Crippen LogP contribution in [0, 0.1) is 19.7 Å². The molecule has 4 rings (SSSR count). The van der Waals surface area contributed by atoms with Crippen LogP contribution in [0.1, 0.15) is 33.1 Å². The lowest BCUT2D eigenvalue weighted by atomic mass is 10.2. The van der Waals surface area contributed by atoms with Gasteiger partial charge in [-0.1, -0.05) is 35.9 Å². The fraction of sp³-hybridized carbons (Fsp3) is 0.167. The maximum absolute atomic E-state index is 13.3. The summed E-state index contributed by atoms with van der Waals surface area (Å²) in [5, 5.41) is 7.44. The molecular formula is C24H21ClFN3O3. The Morgan fingerprint density at radius 2 is 1.97 bits per heavy atom. The number of hydrogen-bond acceptors (Lipinski definition) is 4. The summed E-state index contributed by atoms with van der Waals surface area (Å²) in [4.78, 5) is 12.6. The van der Waals surface area contributed by atoms with Gasteiger partial charge in [-0.05, 0) is 55.3 Å². The molecule has 0 aliphatic rings. The number of para-hydroxylation sites is 1. The highest BCUT2D eigenvalue weighted by Gasteiger charge is 2.15. The number of rotatable bonds is 7. The summed E-state index contributed by atoms with van der Waals surface area (Å²) in [7, 11) is 0. The zero-order valence-electron chi connectivity index (χ0n) is 17.6. The number of nitrogens with one attached hydrogen (secondary N) is 1. The summed E-state index contributed by atoms with van der Waals surface area (Å²) in [6.45, 7) is 4.38. The summed E-state index contributed by atoms with van der Waals surface area (Å²) in [5.74, 6) is 1.01. The van der Waals surface area contributed by atoms with Crippen LogP contribution < -0.4 is 10.1 Å². The SMILES string of the molecule is Cc1ccccc1OCc1ccc(C(=O)Nc2cc(C)n(Cc3ccc(F)cc3Cl)n2)o1. The Labute approximate surface area is 189 Å². The second-order valence-electron chi connectivity index (χ2n) is 7.34. The molecule has 0 spiro atoms. The Hall–Kier alpha value is -3.58. The molecule has 0 atom stereocenters. The monoisotopic (exact) mass is 453 g/mol. The van der Waals surface area contributed by atoms with Gasteiger partial charge in [0.2, 0.25) is 0 Å². The summed E-state index contributed by atoms with van der Waals surface area (Å²) in [6.07, 6.45) is 0. The predicted octanol–water partition coefficient (Wildman–Crippen LogP) is 5.77. The second-order valence-corrected chi connectivity index (χ2v) is 7.75. The van der Waals surface area contributed by atoms with Gasteiger partial charge in [-0.25, -0.2) is 4.39 Å². The van der Waals surface area contributed by atoms with E-state index in [0.29, 0.717) is 23.1 Å².